The van der Waals surface area contributed by atoms with Gasteiger partial charge in [-0.1, -0.05) is 24.3 Å². The number of aromatic nitrogens is 4. The second-order valence-electron chi connectivity index (χ2n) is 12.0. The predicted octanol–water partition coefficient (Wildman–Crippen LogP) is 7.26. The molecule has 46 heavy (non-hydrogen) atoms. The van der Waals surface area contributed by atoms with Crippen LogP contribution in [0.1, 0.15) is 0 Å². The summed E-state index contributed by atoms with van der Waals surface area (Å²) in [7, 11) is 3.24. The molecule has 0 fully saturated rings. The molecule has 0 aliphatic carbocycles. The van der Waals surface area contributed by atoms with Crippen LogP contribution in [0.2, 0.25) is 0 Å². The smallest absolute Gasteiger partial charge is 0.264 e. The van der Waals surface area contributed by atoms with Gasteiger partial charge in [-0.3, -0.25) is 18.4 Å². The van der Waals surface area contributed by atoms with Gasteiger partial charge in [-0.05, 0) is 80.8 Å². The second-order valence-corrected chi connectivity index (χ2v) is 12.0. The Hall–Kier alpha value is -6.28. The molecule has 0 bridgehead atoms. The fourth-order valence-electron chi connectivity index (χ4n) is 8.00. The van der Waals surface area contributed by atoms with E-state index in [-0.39, 0.29) is 11.1 Å². The van der Waals surface area contributed by atoms with Gasteiger partial charge in [-0.25, -0.2) is 9.97 Å². The van der Waals surface area contributed by atoms with Gasteiger partial charge >= 0.3 is 0 Å². The number of ether oxygens (including phenoxy) is 2. The molecule has 0 amide bonds. The summed E-state index contributed by atoms with van der Waals surface area (Å²) in [5.41, 5.74) is 3.95. The van der Waals surface area contributed by atoms with E-state index in [0.717, 1.165) is 70.4 Å². The van der Waals surface area contributed by atoms with Gasteiger partial charge < -0.3 is 9.47 Å². The largest absolute Gasteiger partial charge is 0.497 e. The van der Waals surface area contributed by atoms with Crippen molar-refractivity contribution in [1.82, 2.24) is 18.8 Å². The van der Waals surface area contributed by atoms with Crippen molar-refractivity contribution in [1.29, 1.82) is 0 Å². The number of benzene rings is 7. The van der Waals surface area contributed by atoms with Gasteiger partial charge in [-0.15, -0.1) is 0 Å². The molecule has 4 heterocycles. The highest BCUT2D eigenvalue weighted by Crippen LogP contribution is 2.45. The summed E-state index contributed by atoms with van der Waals surface area (Å²) in [5.74, 6) is 1.36. The van der Waals surface area contributed by atoms with Crippen LogP contribution in [0.5, 0.6) is 11.5 Å². The van der Waals surface area contributed by atoms with Crippen molar-refractivity contribution < 1.29 is 9.47 Å². The van der Waals surface area contributed by atoms with E-state index in [9.17, 15) is 9.59 Å². The van der Waals surface area contributed by atoms with Crippen LogP contribution < -0.4 is 20.6 Å². The zero-order valence-corrected chi connectivity index (χ0v) is 24.5. The summed E-state index contributed by atoms with van der Waals surface area (Å²) in [4.78, 5) is 38.1. The Labute approximate surface area is 257 Å². The quantitative estimate of drug-likeness (QED) is 0.154. The summed E-state index contributed by atoms with van der Waals surface area (Å²) in [6, 6.07) is 27.6. The molecule has 216 valence electrons. The van der Waals surface area contributed by atoms with Gasteiger partial charge in [0.25, 0.3) is 11.1 Å². The molecule has 0 radical (unpaired) electrons. The third-order valence-electron chi connectivity index (χ3n) is 9.97. The number of methoxy groups -OCH3 is 2. The molecule has 0 unspecified atom stereocenters. The molecule has 0 N–H and O–H groups in total. The third kappa shape index (κ3) is 2.61. The molecule has 8 nitrogen and oxygen atoms in total. The molecule has 4 aromatic heterocycles. The number of rotatable bonds is 2. The Morgan fingerprint density at radius 2 is 0.891 bits per heavy atom. The summed E-state index contributed by atoms with van der Waals surface area (Å²) in [6.45, 7) is 0. The maximum Gasteiger partial charge on any atom is 0.264 e. The predicted molar refractivity (Wildman–Crippen MR) is 183 cm³/mol. The van der Waals surface area contributed by atoms with Gasteiger partial charge in [0.15, 0.2) is 0 Å². The molecule has 0 atom stereocenters. The fraction of sp³-hybridized carbons (Fsp3) is 0.0526. The van der Waals surface area contributed by atoms with Crippen LogP contribution in [0.15, 0.2) is 94.5 Å². The van der Waals surface area contributed by atoms with E-state index >= 15 is 0 Å². The monoisotopic (exact) mass is 596 g/mol. The lowest BCUT2D eigenvalue weighted by Gasteiger charge is -2.18. The minimum Gasteiger partial charge on any atom is -0.497 e. The Morgan fingerprint density at radius 3 is 1.46 bits per heavy atom. The summed E-state index contributed by atoms with van der Waals surface area (Å²) < 4.78 is 14.3. The van der Waals surface area contributed by atoms with E-state index in [0.29, 0.717) is 39.1 Å². The number of fused-ring (bicyclic) bond motifs is 10. The fourth-order valence-corrected chi connectivity index (χ4v) is 8.00. The Bertz CT molecular complexity index is 3180. The Balaban J connectivity index is 1.34. The lowest BCUT2D eigenvalue weighted by molar-refractivity contribution is 0.415. The van der Waals surface area contributed by atoms with E-state index in [1.807, 2.05) is 54.6 Å². The van der Waals surface area contributed by atoms with Gasteiger partial charge in [0, 0.05) is 44.5 Å². The van der Waals surface area contributed by atoms with Crippen molar-refractivity contribution in [3.8, 4) is 11.5 Å². The highest BCUT2D eigenvalue weighted by Gasteiger charge is 2.24. The summed E-state index contributed by atoms with van der Waals surface area (Å²) >= 11 is 0. The standard InChI is InChI=1S/C38H20N4O4/c1-45-17-4-14-29-28(15-17)40-36-24-10-6-20-22-8-12-26-33-23(35-39-27-13-3-18(46-2)16-30(27)42(35)38(26)44)9-5-19(31(22)33)21-7-11-25(34(24)32(20)21)37(43)41(29)36/h3-16H,1-2H3. The highest BCUT2D eigenvalue weighted by molar-refractivity contribution is 6.40. The van der Waals surface area contributed by atoms with E-state index in [2.05, 4.69) is 30.3 Å². The zero-order valence-electron chi connectivity index (χ0n) is 24.5. The topological polar surface area (TPSA) is 87.2 Å². The molecule has 0 saturated carbocycles. The van der Waals surface area contributed by atoms with Crippen LogP contribution >= 0.6 is 0 Å². The molecule has 0 aliphatic rings. The second kappa shape index (κ2) is 7.86. The number of hydrogen-bond acceptors (Lipinski definition) is 6. The SMILES string of the molecule is COc1ccc2c(c1)nc1c3ccc4c5ccc6c(=O)n7c8cc(OC)ccc8nc7c7ccc(c8ccc(c(=O)n21)c3c48)c5c67. The van der Waals surface area contributed by atoms with E-state index in [1.54, 1.807) is 23.0 Å². The molecule has 0 spiro atoms. The molecule has 11 rings (SSSR count). The summed E-state index contributed by atoms with van der Waals surface area (Å²) in [5, 5.41) is 11.1. The first-order valence-corrected chi connectivity index (χ1v) is 15.0. The van der Waals surface area contributed by atoms with Crippen molar-refractivity contribution in [2.24, 2.45) is 0 Å². The van der Waals surface area contributed by atoms with Crippen LogP contribution in [-0.4, -0.2) is 33.0 Å². The number of imidazole rings is 2. The highest BCUT2D eigenvalue weighted by atomic mass is 16.5. The Kier molecular flexibility index (Phi) is 4.12. The van der Waals surface area contributed by atoms with Crippen molar-refractivity contribution >= 4 is 98.0 Å². The molecule has 0 saturated heterocycles. The molecule has 7 aromatic carbocycles. The van der Waals surface area contributed by atoms with E-state index in [4.69, 9.17) is 19.4 Å². The Morgan fingerprint density at radius 1 is 0.457 bits per heavy atom. The molecular formula is C38H20N4O4. The van der Waals surface area contributed by atoms with Gasteiger partial charge in [0.2, 0.25) is 0 Å². The van der Waals surface area contributed by atoms with Gasteiger partial charge in [0.05, 0.1) is 36.3 Å². The lowest BCUT2D eigenvalue weighted by Crippen LogP contribution is -2.14. The summed E-state index contributed by atoms with van der Waals surface area (Å²) in [6.07, 6.45) is 0. The average Bonchev–Trinajstić information content (AvgIpc) is 3.67. The normalized spacial score (nSPS) is 12.7. The van der Waals surface area contributed by atoms with Crippen molar-refractivity contribution in [2.75, 3.05) is 14.2 Å². The van der Waals surface area contributed by atoms with Gasteiger partial charge in [-0.2, -0.15) is 0 Å². The molecule has 11 aromatic rings. The average molecular weight is 597 g/mol. The van der Waals surface area contributed by atoms with E-state index < -0.39 is 0 Å². The lowest BCUT2D eigenvalue weighted by atomic mass is 9.86. The van der Waals surface area contributed by atoms with E-state index in [1.165, 1.54) is 0 Å². The first-order valence-electron chi connectivity index (χ1n) is 15.0. The van der Waals surface area contributed by atoms with Crippen LogP contribution in [0.3, 0.4) is 0 Å². The van der Waals surface area contributed by atoms with Crippen LogP contribution in [-0.2, 0) is 0 Å². The molecular weight excluding hydrogens is 576 g/mol. The maximum atomic E-state index is 14.2. The first-order chi connectivity index (χ1) is 22.6. The van der Waals surface area contributed by atoms with Crippen molar-refractivity contribution in [2.45, 2.75) is 0 Å². The molecule has 0 aliphatic heterocycles. The van der Waals surface area contributed by atoms with Crippen molar-refractivity contribution in [3.05, 3.63) is 106 Å². The number of pyridine rings is 2. The zero-order chi connectivity index (χ0) is 30.6. The van der Waals surface area contributed by atoms with Crippen LogP contribution in [0.25, 0.3) is 98.0 Å². The molecule has 8 heteroatoms. The van der Waals surface area contributed by atoms with Gasteiger partial charge in [0.1, 0.15) is 22.8 Å². The minimum absolute atomic E-state index is 0.101. The maximum absolute atomic E-state index is 14.2. The van der Waals surface area contributed by atoms with Crippen LogP contribution in [0, 0.1) is 0 Å². The number of nitrogens with zero attached hydrogens (tertiary/aromatic N) is 4. The van der Waals surface area contributed by atoms with Crippen molar-refractivity contribution in [3.63, 3.8) is 0 Å². The van der Waals surface area contributed by atoms with Crippen LogP contribution in [0.4, 0.5) is 0 Å². The third-order valence-corrected chi connectivity index (χ3v) is 9.97. The minimum atomic E-state index is -0.112. The first kappa shape index (κ1) is 24.1. The number of hydrogen-bond donors (Lipinski definition) is 0.